The van der Waals surface area contributed by atoms with E-state index in [0.717, 1.165) is 13.0 Å². The van der Waals surface area contributed by atoms with Crippen molar-refractivity contribution in [3.63, 3.8) is 0 Å². The highest BCUT2D eigenvalue weighted by Gasteiger charge is 2.52. The zero-order chi connectivity index (χ0) is 15.4. The second kappa shape index (κ2) is 4.38. The van der Waals surface area contributed by atoms with Crippen LogP contribution in [0.3, 0.4) is 0 Å². The number of likely N-dealkylation sites (N-methyl/N-ethyl adjacent to an activating group) is 2. The first-order valence-electron chi connectivity index (χ1n) is 7.31. The average Bonchev–Trinajstić information content (AvgIpc) is 2.85. The molecule has 20 heavy (non-hydrogen) atoms. The van der Waals surface area contributed by atoms with Crippen LogP contribution in [0.5, 0.6) is 5.75 Å². The maximum absolute atomic E-state index is 11.5. The van der Waals surface area contributed by atoms with Crippen LogP contribution < -0.4 is 14.9 Å². The van der Waals surface area contributed by atoms with Gasteiger partial charge in [-0.1, -0.05) is 6.92 Å². The molecule has 1 fully saturated rings. The van der Waals surface area contributed by atoms with Crippen LogP contribution in [-0.2, 0) is 5.41 Å². The Labute approximate surface area is 121 Å². The minimum absolute atomic E-state index is 0.0497. The minimum atomic E-state index is -0.674. The number of hydrogen-bond donors (Lipinski definition) is 1. The molecule has 0 saturated carbocycles. The molecule has 0 bridgehead atoms. The van der Waals surface area contributed by atoms with Crippen LogP contribution >= 0.6 is 0 Å². The molecule has 2 unspecified atom stereocenters. The Morgan fingerprint density at radius 1 is 1.55 bits per heavy atom. The van der Waals surface area contributed by atoms with Crippen LogP contribution in [0.25, 0.3) is 0 Å². The monoisotopic (exact) mass is 276 g/mol. The molecule has 0 aromatic heterocycles. The number of benzene rings is 1. The van der Waals surface area contributed by atoms with Crippen molar-refractivity contribution < 1.29 is 10.9 Å². The van der Waals surface area contributed by atoms with Crippen LogP contribution in [0, 0.1) is 0 Å². The van der Waals surface area contributed by atoms with Gasteiger partial charge in [-0.05, 0) is 37.2 Å². The van der Waals surface area contributed by atoms with Crippen LogP contribution in [0.1, 0.15) is 18.9 Å². The number of amides is 1. The lowest BCUT2D eigenvalue weighted by atomic mass is 9.81. The molecule has 108 valence electrons. The van der Waals surface area contributed by atoms with Crippen molar-refractivity contribution in [3.8, 4) is 5.75 Å². The molecule has 5 heteroatoms. The average molecular weight is 276 g/mol. The summed E-state index contributed by atoms with van der Waals surface area (Å²) in [5.74, 6) is 0.502. The number of fused-ring (bicyclic) bond motifs is 3. The van der Waals surface area contributed by atoms with E-state index in [0.29, 0.717) is 17.2 Å². The van der Waals surface area contributed by atoms with Gasteiger partial charge in [-0.15, -0.1) is 0 Å². The van der Waals surface area contributed by atoms with E-state index >= 15 is 0 Å². The fourth-order valence-electron chi connectivity index (χ4n) is 3.77. The number of carbonyl (C=O) groups is 1. The lowest BCUT2D eigenvalue weighted by Gasteiger charge is -2.32. The van der Waals surface area contributed by atoms with Crippen molar-refractivity contribution in [2.24, 2.45) is 0 Å². The highest BCUT2D eigenvalue weighted by Crippen LogP contribution is 2.51. The predicted octanol–water partition coefficient (Wildman–Crippen LogP) is 1.77. The highest BCUT2D eigenvalue weighted by molar-refractivity contribution is 5.72. The number of likely N-dealkylation sites (tertiary alicyclic amines) is 1. The van der Waals surface area contributed by atoms with Gasteiger partial charge in [-0.2, -0.15) is 0 Å². The summed E-state index contributed by atoms with van der Waals surface area (Å²) in [6.07, 6.45) is 0.755. The smallest absolute Gasteiger partial charge is 0.410 e. The zero-order valence-electron chi connectivity index (χ0n) is 13.4. The number of hydrogen-bond acceptors (Lipinski definition) is 4. The van der Waals surface area contributed by atoms with Gasteiger partial charge >= 0.3 is 6.09 Å². The van der Waals surface area contributed by atoms with Gasteiger partial charge in [0.15, 0.2) is 1.41 Å². The van der Waals surface area contributed by atoms with Crippen molar-refractivity contribution >= 4 is 11.8 Å². The Bertz CT molecular complexity index is 592. The lowest BCUT2D eigenvalue weighted by Crippen LogP contribution is -2.45. The van der Waals surface area contributed by atoms with Gasteiger partial charge < -0.3 is 14.9 Å². The zero-order valence-corrected chi connectivity index (χ0v) is 12.4. The third-order valence-electron chi connectivity index (χ3n) is 4.69. The molecule has 1 amide bonds. The summed E-state index contributed by atoms with van der Waals surface area (Å²) in [6.45, 7) is 3.33. The standard InChI is InChI=1S/C15H21N3O2/c1-15-7-8-17(3)13(15)18(4)12-6-5-10(9-11(12)15)20-14(19)16-2/h5-6,9,13H,7-8H2,1-4H3,(H,16,19)/i/hD. The first-order valence-corrected chi connectivity index (χ1v) is 6.86. The van der Waals surface area contributed by atoms with Gasteiger partial charge in [0.05, 0.1) is 6.17 Å². The van der Waals surface area contributed by atoms with Gasteiger partial charge in [0, 0.05) is 31.7 Å². The fraction of sp³-hybridized carbons (Fsp3) is 0.533. The molecule has 0 spiro atoms. The number of nitrogens with one attached hydrogen (secondary N) is 1. The van der Waals surface area contributed by atoms with E-state index in [1.165, 1.54) is 18.3 Å². The lowest BCUT2D eigenvalue weighted by molar-refractivity contribution is 0.203. The normalized spacial score (nSPS) is 28.9. The van der Waals surface area contributed by atoms with Crippen molar-refractivity contribution in [3.05, 3.63) is 23.8 Å². The third kappa shape index (κ3) is 1.69. The number of nitrogens with zero attached hydrogens (tertiary/aromatic N) is 2. The summed E-state index contributed by atoms with van der Waals surface area (Å²) < 4.78 is 12.5. The topological polar surface area (TPSA) is 44.8 Å². The Kier molecular flexibility index (Phi) is 2.63. The molecule has 1 aromatic carbocycles. The Morgan fingerprint density at radius 2 is 2.30 bits per heavy atom. The Hall–Kier alpha value is -1.75. The van der Waals surface area contributed by atoms with Crippen LogP contribution in [0.4, 0.5) is 10.5 Å². The van der Waals surface area contributed by atoms with E-state index in [1.807, 2.05) is 12.1 Å². The molecule has 2 atom stereocenters. The number of ether oxygens (including phenoxy) is 1. The summed E-state index contributed by atoms with van der Waals surface area (Å²) >= 11 is 0. The summed E-state index contributed by atoms with van der Waals surface area (Å²) in [5, 5.41) is 0.688. The first-order chi connectivity index (χ1) is 9.84. The SMILES string of the molecule is [2H]N(C)C(=O)Oc1ccc2c(c1)C1(C)CCN(C)C1N2C. The van der Waals surface area contributed by atoms with Gasteiger partial charge in [-0.25, -0.2) is 4.79 Å². The van der Waals surface area contributed by atoms with Gasteiger partial charge in [0.2, 0.25) is 0 Å². The summed E-state index contributed by atoms with van der Waals surface area (Å²) in [7, 11) is 5.61. The first kappa shape index (κ1) is 12.0. The van der Waals surface area contributed by atoms with Crippen molar-refractivity contribution in [2.75, 3.05) is 32.6 Å². The molecule has 2 aliphatic heterocycles. The maximum atomic E-state index is 11.5. The van der Waals surface area contributed by atoms with Gasteiger partial charge in [0.1, 0.15) is 5.75 Å². The summed E-state index contributed by atoms with van der Waals surface area (Å²) in [6, 6.07) is 5.74. The number of rotatable bonds is 1. The minimum Gasteiger partial charge on any atom is -0.410 e. The molecule has 1 aromatic rings. The van der Waals surface area contributed by atoms with Crippen LogP contribution in [0.15, 0.2) is 18.2 Å². The van der Waals surface area contributed by atoms with Crippen LogP contribution in [-0.4, -0.2) is 44.8 Å². The van der Waals surface area contributed by atoms with Crippen molar-refractivity contribution in [1.29, 1.82) is 0 Å². The van der Waals surface area contributed by atoms with E-state index in [-0.39, 0.29) is 5.41 Å². The Balaban J connectivity index is 1.97. The molecule has 0 radical (unpaired) electrons. The molecule has 1 saturated heterocycles. The van der Waals surface area contributed by atoms with E-state index in [9.17, 15) is 4.79 Å². The van der Waals surface area contributed by atoms with Gasteiger partial charge in [-0.3, -0.25) is 4.90 Å². The predicted molar refractivity (Wildman–Crippen MR) is 78.3 cm³/mol. The van der Waals surface area contributed by atoms with Crippen molar-refractivity contribution in [1.82, 2.24) is 10.2 Å². The molecule has 3 rings (SSSR count). The molecule has 0 aliphatic carbocycles. The Morgan fingerprint density at radius 3 is 3.00 bits per heavy atom. The third-order valence-corrected chi connectivity index (χ3v) is 4.69. The largest absolute Gasteiger partial charge is 0.412 e. The van der Waals surface area contributed by atoms with E-state index in [4.69, 9.17) is 6.15 Å². The summed E-state index contributed by atoms with van der Waals surface area (Å²) in [5.41, 5.74) is 2.46. The quantitative estimate of drug-likeness (QED) is 0.849. The summed E-state index contributed by atoms with van der Waals surface area (Å²) in [4.78, 5) is 16.2. The van der Waals surface area contributed by atoms with Gasteiger partial charge in [0.25, 0.3) is 0 Å². The molecular weight excluding hydrogens is 254 g/mol. The van der Waals surface area contributed by atoms with Crippen LogP contribution in [0.2, 0.25) is 1.41 Å². The van der Waals surface area contributed by atoms with E-state index in [2.05, 4.69) is 30.8 Å². The molecular formula is C15H21N3O2. The fourth-order valence-corrected chi connectivity index (χ4v) is 3.77. The maximum Gasteiger partial charge on any atom is 0.412 e. The molecule has 2 aliphatic rings. The van der Waals surface area contributed by atoms with E-state index < -0.39 is 6.09 Å². The molecule has 2 heterocycles. The number of anilines is 1. The second-order valence-corrected chi connectivity index (χ2v) is 5.90. The number of carbonyl (C=O) groups excluding carboxylic acids is 1. The van der Waals surface area contributed by atoms with Crippen molar-refractivity contribution in [2.45, 2.75) is 24.9 Å². The highest BCUT2D eigenvalue weighted by atomic mass is 16.5. The van der Waals surface area contributed by atoms with E-state index in [1.54, 1.807) is 6.07 Å². The molecule has 1 N–H and O–H groups in total. The second-order valence-electron chi connectivity index (χ2n) is 5.90. The molecule has 5 nitrogen and oxygen atoms in total.